The monoisotopic (exact) mass is 461 g/mol. The van der Waals surface area contributed by atoms with Crippen molar-refractivity contribution >= 4 is 18.0 Å². The zero-order valence-corrected chi connectivity index (χ0v) is 19.4. The lowest BCUT2D eigenvalue weighted by atomic mass is 10.0. The van der Waals surface area contributed by atoms with E-state index >= 15 is 0 Å². The van der Waals surface area contributed by atoms with E-state index in [2.05, 4.69) is 15.8 Å². The number of carbonyl (C=O) groups excluding carboxylic acids is 2. The van der Waals surface area contributed by atoms with E-state index in [1.165, 1.54) is 30.0 Å². The highest BCUT2D eigenvalue weighted by Gasteiger charge is 2.25. The molecule has 0 fully saturated rings. The molecule has 3 rings (SSSR count). The molecule has 1 unspecified atom stereocenters. The highest BCUT2D eigenvalue weighted by atomic mass is 19.1. The van der Waals surface area contributed by atoms with Crippen molar-refractivity contribution in [2.75, 3.05) is 0 Å². The van der Waals surface area contributed by atoms with Gasteiger partial charge in [0.15, 0.2) is 0 Å². The first-order valence-electron chi connectivity index (χ1n) is 11.0. The minimum Gasteiger partial charge on any atom is -0.489 e. The third-order valence-corrected chi connectivity index (χ3v) is 5.15. The van der Waals surface area contributed by atoms with Crippen molar-refractivity contribution in [2.24, 2.45) is 11.0 Å². The lowest BCUT2D eigenvalue weighted by Gasteiger charge is -2.20. The molecule has 0 aliphatic carbocycles. The molecule has 2 N–H and O–H groups in total. The van der Waals surface area contributed by atoms with Crippen LogP contribution in [0.5, 0.6) is 5.75 Å². The van der Waals surface area contributed by atoms with Crippen LogP contribution < -0.4 is 15.5 Å². The average molecular weight is 462 g/mol. The molecule has 176 valence electrons. The van der Waals surface area contributed by atoms with Gasteiger partial charge in [-0.2, -0.15) is 5.10 Å². The molecular weight excluding hydrogens is 433 g/mol. The first-order chi connectivity index (χ1) is 16.3. The van der Waals surface area contributed by atoms with E-state index in [0.717, 1.165) is 16.9 Å². The van der Waals surface area contributed by atoms with Crippen molar-refractivity contribution in [3.8, 4) is 5.75 Å². The number of hydrogen-bond acceptors (Lipinski definition) is 4. The Hall–Kier alpha value is -4.00. The molecule has 0 saturated heterocycles. The number of rotatable bonds is 9. The lowest BCUT2D eigenvalue weighted by Crippen LogP contribution is -2.48. The van der Waals surface area contributed by atoms with Gasteiger partial charge in [-0.1, -0.05) is 55.8 Å². The summed E-state index contributed by atoms with van der Waals surface area (Å²) < 4.78 is 19.7. The molecule has 0 spiro atoms. The Labute approximate surface area is 198 Å². The lowest BCUT2D eigenvalue weighted by molar-refractivity contribution is -0.123. The summed E-state index contributed by atoms with van der Waals surface area (Å²) in [5.74, 6) is -1.30. The Morgan fingerprint density at radius 2 is 1.68 bits per heavy atom. The molecule has 0 aliphatic rings. The summed E-state index contributed by atoms with van der Waals surface area (Å²) in [4.78, 5) is 25.0. The van der Waals surface area contributed by atoms with Crippen molar-refractivity contribution in [3.05, 3.63) is 101 Å². The van der Waals surface area contributed by atoms with Crippen LogP contribution in [0.25, 0.3) is 0 Å². The minimum absolute atomic E-state index is 0.117. The quantitative estimate of drug-likeness (QED) is 0.361. The molecule has 7 heteroatoms. The first kappa shape index (κ1) is 24.6. The molecule has 0 bridgehead atoms. The predicted octanol–water partition coefficient (Wildman–Crippen LogP) is 4.62. The third kappa shape index (κ3) is 7.00. The molecule has 0 saturated carbocycles. The molecule has 0 heterocycles. The summed E-state index contributed by atoms with van der Waals surface area (Å²) in [5.41, 5.74) is 5.37. The van der Waals surface area contributed by atoms with Crippen LogP contribution in [0.1, 0.15) is 40.9 Å². The average Bonchev–Trinajstić information content (AvgIpc) is 2.83. The van der Waals surface area contributed by atoms with Gasteiger partial charge >= 0.3 is 0 Å². The third-order valence-electron chi connectivity index (χ3n) is 5.15. The topological polar surface area (TPSA) is 79.8 Å². The van der Waals surface area contributed by atoms with Crippen LogP contribution in [0.3, 0.4) is 0 Å². The molecule has 0 aliphatic heterocycles. The maximum Gasteiger partial charge on any atom is 0.262 e. The zero-order valence-electron chi connectivity index (χ0n) is 19.4. The standard InChI is InChI=1S/C27H28FN3O3/c1-18(2)25(30-26(32)23-6-4-5-7-24(23)28)27(33)31-29-16-20-12-14-22(15-13-20)34-17-21-10-8-19(3)9-11-21/h4-16,18,25H,17H2,1-3H3,(H,30,32)(H,31,33). The number of aryl methyl sites for hydroxylation is 1. The van der Waals surface area contributed by atoms with Crippen LogP contribution in [-0.2, 0) is 11.4 Å². The molecule has 34 heavy (non-hydrogen) atoms. The number of carbonyl (C=O) groups is 2. The number of nitrogens with one attached hydrogen (secondary N) is 2. The van der Waals surface area contributed by atoms with Gasteiger partial charge in [0.25, 0.3) is 11.8 Å². The van der Waals surface area contributed by atoms with Gasteiger partial charge in [0.2, 0.25) is 0 Å². The van der Waals surface area contributed by atoms with Crippen LogP contribution in [0.15, 0.2) is 77.9 Å². The number of ether oxygens (including phenoxy) is 1. The number of halogens is 1. The number of nitrogens with zero attached hydrogens (tertiary/aromatic N) is 1. The van der Waals surface area contributed by atoms with E-state index in [0.29, 0.717) is 6.61 Å². The van der Waals surface area contributed by atoms with Gasteiger partial charge in [-0.05, 0) is 60.4 Å². The zero-order chi connectivity index (χ0) is 24.5. The van der Waals surface area contributed by atoms with Gasteiger partial charge < -0.3 is 10.1 Å². The molecule has 0 aromatic heterocycles. The van der Waals surface area contributed by atoms with Crippen molar-refractivity contribution < 1.29 is 18.7 Å². The Morgan fingerprint density at radius 3 is 2.32 bits per heavy atom. The number of amides is 2. The summed E-state index contributed by atoms with van der Waals surface area (Å²) in [6.45, 7) is 6.08. The van der Waals surface area contributed by atoms with E-state index in [4.69, 9.17) is 4.74 Å². The second-order valence-corrected chi connectivity index (χ2v) is 8.25. The second-order valence-electron chi connectivity index (χ2n) is 8.25. The molecule has 6 nitrogen and oxygen atoms in total. The van der Waals surface area contributed by atoms with Gasteiger partial charge in [-0.25, -0.2) is 9.82 Å². The summed E-state index contributed by atoms with van der Waals surface area (Å²) in [7, 11) is 0. The highest BCUT2D eigenvalue weighted by Crippen LogP contribution is 2.14. The fourth-order valence-corrected chi connectivity index (χ4v) is 3.14. The van der Waals surface area contributed by atoms with Crippen LogP contribution in [0.2, 0.25) is 0 Å². The Bertz CT molecular complexity index is 1140. The highest BCUT2D eigenvalue weighted by molar-refractivity contribution is 5.98. The SMILES string of the molecule is Cc1ccc(COc2ccc(C=NNC(=O)C(NC(=O)c3ccccc3F)C(C)C)cc2)cc1. The van der Waals surface area contributed by atoms with Crippen molar-refractivity contribution in [1.29, 1.82) is 0 Å². The Kier molecular flexibility index (Phi) is 8.51. The Balaban J connectivity index is 1.53. The van der Waals surface area contributed by atoms with Crippen LogP contribution in [0.4, 0.5) is 4.39 Å². The largest absolute Gasteiger partial charge is 0.489 e. The summed E-state index contributed by atoms with van der Waals surface area (Å²) in [5, 5.41) is 6.56. The number of hydrogen-bond donors (Lipinski definition) is 2. The smallest absolute Gasteiger partial charge is 0.262 e. The van der Waals surface area contributed by atoms with Crippen LogP contribution in [0, 0.1) is 18.7 Å². The molecule has 3 aromatic rings. The summed E-state index contributed by atoms with van der Waals surface area (Å²) in [6.07, 6.45) is 1.50. The molecule has 0 radical (unpaired) electrons. The van der Waals surface area contributed by atoms with Crippen LogP contribution >= 0.6 is 0 Å². The van der Waals surface area contributed by atoms with Crippen LogP contribution in [-0.4, -0.2) is 24.1 Å². The molecule has 1 atom stereocenters. The van der Waals surface area contributed by atoms with Gasteiger partial charge in [0, 0.05) is 0 Å². The normalized spacial score (nSPS) is 11.9. The summed E-state index contributed by atoms with van der Waals surface area (Å²) in [6, 6.07) is 20.2. The van der Waals surface area contributed by atoms with E-state index in [-0.39, 0.29) is 11.5 Å². The van der Waals surface area contributed by atoms with Gasteiger partial charge in [-0.15, -0.1) is 0 Å². The predicted molar refractivity (Wildman–Crippen MR) is 130 cm³/mol. The maximum absolute atomic E-state index is 13.9. The molecule has 2 amide bonds. The van der Waals surface area contributed by atoms with Gasteiger partial charge in [-0.3, -0.25) is 9.59 Å². The fraction of sp³-hybridized carbons (Fsp3) is 0.222. The Morgan fingerprint density at radius 1 is 1.00 bits per heavy atom. The van der Waals surface area contributed by atoms with Crippen molar-refractivity contribution in [2.45, 2.75) is 33.4 Å². The minimum atomic E-state index is -0.873. The number of benzene rings is 3. The van der Waals surface area contributed by atoms with E-state index < -0.39 is 23.7 Å². The van der Waals surface area contributed by atoms with Crippen molar-refractivity contribution in [1.82, 2.24) is 10.7 Å². The van der Waals surface area contributed by atoms with Gasteiger partial charge in [0.1, 0.15) is 24.2 Å². The van der Waals surface area contributed by atoms with Gasteiger partial charge in [0.05, 0.1) is 11.8 Å². The van der Waals surface area contributed by atoms with E-state index in [9.17, 15) is 14.0 Å². The maximum atomic E-state index is 13.9. The second kappa shape index (κ2) is 11.7. The molecular formula is C27H28FN3O3. The number of hydrazone groups is 1. The molecule has 3 aromatic carbocycles. The first-order valence-corrected chi connectivity index (χ1v) is 11.0. The van der Waals surface area contributed by atoms with E-state index in [1.807, 2.05) is 55.5 Å². The summed E-state index contributed by atoms with van der Waals surface area (Å²) >= 11 is 0. The van der Waals surface area contributed by atoms with Crippen molar-refractivity contribution in [3.63, 3.8) is 0 Å². The van der Waals surface area contributed by atoms with E-state index in [1.54, 1.807) is 19.9 Å². The fourth-order valence-electron chi connectivity index (χ4n) is 3.14.